The van der Waals surface area contributed by atoms with Gasteiger partial charge in [0.05, 0.1) is 6.54 Å². The molecule has 2 fully saturated rings. The number of alkyl halides is 2. The third kappa shape index (κ3) is 4.55. The highest BCUT2D eigenvalue weighted by atomic mass is 19.3. The molecule has 2 aliphatic rings. The van der Waals surface area contributed by atoms with Crippen LogP contribution in [-0.2, 0) is 0 Å². The van der Waals surface area contributed by atoms with Gasteiger partial charge in [0.1, 0.15) is 17.5 Å². The smallest absolute Gasteiger partial charge is 0.270 e. The van der Waals surface area contributed by atoms with Crippen molar-refractivity contribution < 1.29 is 18.3 Å². The van der Waals surface area contributed by atoms with E-state index in [-0.39, 0.29) is 18.4 Å². The number of likely N-dealkylation sites (tertiary alicyclic amines) is 2. The standard InChI is InChI=1S/C22H29F2N3O2/c1-15(2)26-10-6-17(7-11-26)29-18-4-5-19-16(12-18)13-20(25-19)21(28)27-9-3-8-22(23,24)14-27/h4-5,12-13,15,17,25H,3,6-11,14H2,1-2H3. The lowest BCUT2D eigenvalue weighted by Gasteiger charge is -2.34. The quantitative estimate of drug-likeness (QED) is 0.826. The number of benzene rings is 1. The van der Waals surface area contributed by atoms with E-state index in [1.54, 1.807) is 6.07 Å². The first-order valence-electron chi connectivity index (χ1n) is 10.5. The third-order valence-electron chi connectivity index (χ3n) is 6.01. The first-order chi connectivity index (χ1) is 13.8. The van der Waals surface area contributed by atoms with Gasteiger partial charge in [-0.3, -0.25) is 4.79 Å². The van der Waals surface area contributed by atoms with Crippen LogP contribution in [0.3, 0.4) is 0 Å². The number of rotatable bonds is 4. The molecule has 0 unspecified atom stereocenters. The number of nitrogens with zero attached hydrogens (tertiary/aromatic N) is 2. The summed E-state index contributed by atoms with van der Waals surface area (Å²) in [7, 11) is 0. The number of nitrogens with one attached hydrogen (secondary N) is 1. The van der Waals surface area contributed by atoms with Gasteiger partial charge < -0.3 is 19.5 Å². The fourth-order valence-corrected chi connectivity index (χ4v) is 4.31. The van der Waals surface area contributed by atoms with Crippen LogP contribution in [0.15, 0.2) is 24.3 Å². The van der Waals surface area contributed by atoms with Crippen molar-refractivity contribution in [3.8, 4) is 5.75 Å². The maximum atomic E-state index is 13.7. The van der Waals surface area contributed by atoms with E-state index in [9.17, 15) is 13.6 Å². The van der Waals surface area contributed by atoms with E-state index < -0.39 is 12.5 Å². The topological polar surface area (TPSA) is 48.6 Å². The lowest BCUT2D eigenvalue weighted by atomic mass is 10.1. The Labute approximate surface area is 170 Å². The number of carbonyl (C=O) groups excluding carboxylic acids is 1. The first-order valence-corrected chi connectivity index (χ1v) is 10.5. The van der Waals surface area contributed by atoms with Crippen LogP contribution in [0.4, 0.5) is 8.78 Å². The zero-order valence-corrected chi connectivity index (χ0v) is 17.1. The summed E-state index contributed by atoms with van der Waals surface area (Å²) in [5.74, 6) is -2.39. The van der Waals surface area contributed by atoms with Crippen molar-refractivity contribution in [2.45, 2.75) is 57.6 Å². The zero-order valence-electron chi connectivity index (χ0n) is 17.1. The van der Waals surface area contributed by atoms with Gasteiger partial charge in [0.15, 0.2) is 0 Å². The maximum absolute atomic E-state index is 13.7. The minimum Gasteiger partial charge on any atom is -0.490 e. The van der Waals surface area contributed by atoms with E-state index in [1.807, 2.05) is 18.2 Å². The summed E-state index contributed by atoms with van der Waals surface area (Å²) in [6.45, 7) is 6.36. The van der Waals surface area contributed by atoms with Gasteiger partial charge in [-0.1, -0.05) is 0 Å². The Hall–Kier alpha value is -2.15. The SMILES string of the molecule is CC(C)N1CCC(Oc2ccc3[nH]c(C(=O)N4CCCC(F)(F)C4)cc3c2)CC1. The van der Waals surface area contributed by atoms with Crippen molar-refractivity contribution in [1.29, 1.82) is 0 Å². The molecule has 3 heterocycles. The molecule has 0 aliphatic carbocycles. The molecule has 5 nitrogen and oxygen atoms in total. The summed E-state index contributed by atoms with van der Waals surface area (Å²) in [5.41, 5.74) is 1.15. The molecule has 0 saturated carbocycles. The molecule has 1 amide bonds. The number of hydrogen-bond acceptors (Lipinski definition) is 3. The molecule has 0 atom stereocenters. The summed E-state index contributed by atoms with van der Waals surface area (Å²) in [6, 6.07) is 8.00. The Bertz CT molecular complexity index is 872. The number of ether oxygens (including phenoxy) is 1. The average molecular weight is 405 g/mol. The molecule has 2 aromatic rings. The Morgan fingerprint density at radius 3 is 2.66 bits per heavy atom. The molecule has 0 spiro atoms. The minimum absolute atomic E-state index is 0.153. The normalized spacial score (nSPS) is 21.1. The molecule has 1 aromatic heterocycles. The van der Waals surface area contributed by atoms with Crippen LogP contribution >= 0.6 is 0 Å². The third-order valence-corrected chi connectivity index (χ3v) is 6.01. The minimum atomic E-state index is -2.80. The predicted octanol–water partition coefficient (Wildman–Crippen LogP) is 4.29. The summed E-state index contributed by atoms with van der Waals surface area (Å²) in [5, 5.41) is 0.856. The molecular formula is C22H29F2N3O2. The van der Waals surface area contributed by atoms with Gasteiger partial charge >= 0.3 is 0 Å². The summed E-state index contributed by atoms with van der Waals surface area (Å²) < 4.78 is 33.5. The van der Waals surface area contributed by atoms with E-state index in [1.165, 1.54) is 4.90 Å². The van der Waals surface area contributed by atoms with Crippen LogP contribution < -0.4 is 4.74 Å². The molecule has 0 radical (unpaired) electrons. The lowest BCUT2D eigenvalue weighted by Crippen LogP contribution is -2.45. The molecular weight excluding hydrogens is 376 g/mol. The van der Waals surface area contributed by atoms with Crippen molar-refractivity contribution in [2.75, 3.05) is 26.2 Å². The number of piperidine rings is 2. The molecule has 158 valence electrons. The van der Waals surface area contributed by atoms with Crippen LogP contribution in [0.5, 0.6) is 5.75 Å². The van der Waals surface area contributed by atoms with Crippen LogP contribution in [0.1, 0.15) is 50.0 Å². The Morgan fingerprint density at radius 2 is 1.97 bits per heavy atom. The number of aromatic nitrogens is 1. The summed E-state index contributed by atoms with van der Waals surface area (Å²) in [6.07, 6.45) is 2.36. The highest BCUT2D eigenvalue weighted by Gasteiger charge is 2.37. The maximum Gasteiger partial charge on any atom is 0.270 e. The van der Waals surface area contributed by atoms with E-state index in [0.717, 1.165) is 42.6 Å². The van der Waals surface area contributed by atoms with Gasteiger partial charge in [-0.15, -0.1) is 0 Å². The second-order valence-electron chi connectivity index (χ2n) is 8.57. The van der Waals surface area contributed by atoms with Crippen LogP contribution in [-0.4, -0.2) is 64.9 Å². The highest BCUT2D eigenvalue weighted by Crippen LogP contribution is 2.29. The van der Waals surface area contributed by atoms with Crippen LogP contribution in [0.2, 0.25) is 0 Å². The lowest BCUT2D eigenvalue weighted by molar-refractivity contribution is -0.0561. The molecule has 29 heavy (non-hydrogen) atoms. The molecule has 1 aromatic carbocycles. The number of aromatic amines is 1. The molecule has 2 aliphatic heterocycles. The number of hydrogen-bond donors (Lipinski definition) is 1. The van der Waals surface area contributed by atoms with Gasteiger partial charge in [0.2, 0.25) is 0 Å². The van der Waals surface area contributed by atoms with Crippen molar-refractivity contribution >= 4 is 16.8 Å². The molecule has 7 heteroatoms. The number of H-pyrrole nitrogens is 1. The number of amides is 1. The molecule has 2 saturated heterocycles. The summed E-state index contributed by atoms with van der Waals surface area (Å²) >= 11 is 0. The van der Waals surface area contributed by atoms with Crippen molar-refractivity contribution in [3.05, 3.63) is 30.0 Å². The van der Waals surface area contributed by atoms with Crippen LogP contribution in [0.25, 0.3) is 10.9 Å². The van der Waals surface area contributed by atoms with Gasteiger partial charge in [0.25, 0.3) is 11.8 Å². The Balaban J connectivity index is 1.43. The fraction of sp³-hybridized carbons (Fsp3) is 0.591. The summed E-state index contributed by atoms with van der Waals surface area (Å²) in [4.78, 5) is 19.4. The van der Waals surface area contributed by atoms with Crippen LogP contribution in [0, 0.1) is 0 Å². The van der Waals surface area contributed by atoms with Gasteiger partial charge in [-0.2, -0.15) is 0 Å². The van der Waals surface area contributed by atoms with E-state index in [0.29, 0.717) is 24.7 Å². The first kappa shape index (κ1) is 20.1. The number of halogens is 2. The predicted molar refractivity (Wildman–Crippen MR) is 109 cm³/mol. The second-order valence-corrected chi connectivity index (χ2v) is 8.57. The van der Waals surface area contributed by atoms with Gasteiger partial charge in [-0.25, -0.2) is 8.78 Å². The average Bonchev–Trinajstić information content (AvgIpc) is 3.10. The van der Waals surface area contributed by atoms with E-state index >= 15 is 0 Å². The second kappa shape index (κ2) is 7.94. The monoisotopic (exact) mass is 405 g/mol. The zero-order chi connectivity index (χ0) is 20.6. The molecule has 0 bridgehead atoms. The van der Waals surface area contributed by atoms with Gasteiger partial charge in [0, 0.05) is 43.0 Å². The Kier molecular flexibility index (Phi) is 5.51. The largest absolute Gasteiger partial charge is 0.490 e. The van der Waals surface area contributed by atoms with E-state index in [4.69, 9.17) is 4.74 Å². The van der Waals surface area contributed by atoms with Crippen molar-refractivity contribution in [3.63, 3.8) is 0 Å². The molecule has 1 N–H and O–H groups in total. The van der Waals surface area contributed by atoms with Gasteiger partial charge in [-0.05, 0) is 57.4 Å². The van der Waals surface area contributed by atoms with Crippen molar-refractivity contribution in [2.24, 2.45) is 0 Å². The van der Waals surface area contributed by atoms with Crippen molar-refractivity contribution in [1.82, 2.24) is 14.8 Å². The fourth-order valence-electron chi connectivity index (χ4n) is 4.31. The highest BCUT2D eigenvalue weighted by molar-refractivity contribution is 5.98. The number of fused-ring (bicyclic) bond motifs is 1. The number of carbonyl (C=O) groups is 1. The van der Waals surface area contributed by atoms with E-state index in [2.05, 4.69) is 23.7 Å². The molecule has 4 rings (SSSR count). The Morgan fingerprint density at radius 1 is 1.21 bits per heavy atom.